The molecule has 0 aromatic rings. The summed E-state index contributed by atoms with van der Waals surface area (Å²) in [7, 11) is 0. The number of carbonyl (C=O) groups excluding carboxylic acids is 2. The molecule has 0 amide bonds. The molecule has 0 radical (unpaired) electrons. The Morgan fingerprint density at radius 2 is 2.00 bits per heavy atom. The third kappa shape index (κ3) is 4.53. The van der Waals surface area contributed by atoms with Crippen molar-refractivity contribution in [3.05, 3.63) is 10.1 Å². The highest BCUT2D eigenvalue weighted by molar-refractivity contribution is 5.83. The molecule has 0 heterocycles. The molecule has 0 aromatic carbocycles. The maximum Gasteiger partial charge on any atom is 0.316 e. The summed E-state index contributed by atoms with van der Waals surface area (Å²) in [5.74, 6) is -1.93. The number of nitrogens with zero attached hydrogens (tertiary/aromatic N) is 1. The van der Waals surface area contributed by atoms with E-state index in [1.165, 1.54) is 13.8 Å². The number of Topliss-reactive ketones (excluding diaryl/α,β-unsaturated/α-hetero) is 1. The number of nitro groups is 1. The molecule has 0 N–H and O–H groups in total. The summed E-state index contributed by atoms with van der Waals surface area (Å²) in [6.45, 7) is 4.35. The van der Waals surface area contributed by atoms with Gasteiger partial charge in [-0.05, 0) is 13.8 Å². The van der Waals surface area contributed by atoms with Crippen molar-refractivity contribution in [1.29, 1.82) is 0 Å². The zero-order chi connectivity index (χ0) is 12.0. The fraction of sp³-hybridized carbons (Fsp3) is 0.778. The second-order valence-corrected chi connectivity index (χ2v) is 3.29. The van der Waals surface area contributed by atoms with Gasteiger partial charge < -0.3 is 4.74 Å². The molecule has 0 rings (SSSR count). The van der Waals surface area contributed by atoms with Crippen LogP contribution in [0.3, 0.4) is 0 Å². The molecule has 6 nitrogen and oxygen atoms in total. The molecular weight excluding hydrogens is 202 g/mol. The van der Waals surface area contributed by atoms with Crippen molar-refractivity contribution in [2.45, 2.75) is 33.2 Å². The summed E-state index contributed by atoms with van der Waals surface area (Å²) in [5.41, 5.74) is 0. The van der Waals surface area contributed by atoms with E-state index in [0.717, 1.165) is 0 Å². The number of esters is 1. The minimum absolute atomic E-state index is 0.150. The molecule has 0 saturated heterocycles. The van der Waals surface area contributed by atoms with Gasteiger partial charge in [0.2, 0.25) is 6.04 Å². The lowest BCUT2D eigenvalue weighted by Crippen LogP contribution is -2.34. The number of hydrogen-bond donors (Lipinski definition) is 0. The van der Waals surface area contributed by atoms with Gasteiger partial charge in [0.1, 0.15) is 11.7 Å². The molecule has 0 fully saturated rings. The molecule has 0 aromatic heterocycles. The number of rotatable bonds is 6. The molecule has 0 aliphatic carbocycles. The SMILES string of the molecule is CCOC(=O)C(CC(C)=O)C(C)[N+](=O)[O-]. The average Bonchev–Trinajstić information content (AvgIpc) is 2.13. The van der Waals surface area contributed by atoms with Crippen LogP contribution in [0.2, 0.25) is 0 Å². The van der Waals surface area contributed by atoms with Gasteiger partial charge in [-0.25, -0.2) is 0 Å². The summed E-state index contributed by atoms with van der Waals surface area (Å²) in [5, 5.41) is 10.5. The van der Waals surface area contributed by atoms with Crippen LogP contribution in [0.1, 0.15) is 27.2 Å². The van der Waals surface area contributed by atoms with E-state index in [0.29, 0.717) is 0 Å². The van der Waals surface area contributed by atoms with Gasteiger partial charge in [0, 0.05) is 18.3 Å². The van der Waals surface area contributed by atoms with Gasteiger partial charge in [-0.15, -0.1) is 0 Å². The Kier molecular flexibility index (Phi) is 5.51. The Morgan fingerprint density at radius 1 is 1.47 bits per heavy atom. The summed E-state index contributed by atoms with van der Waals surface area (Å²) >= 11 is 0. The molecule has 6 heteroatoms. The molecule has 0 aliphatic heterocycles. The number of ketones is 1. The van der Waals surface area contributed by atoms with Crippen molar-refractivity contribution in [3.63, 3.8) is 0 Å². The summed E-state index contributed by atoms with van der Waals surface area (Å²) < 4.78 is 4.68. The van der Waals surface area contributed by atoms with E-state index >= 15 is 0 Å². The van der Waals surface area contributed by atoms with Crippen LogP contribution in [0, 0.1) is 16.0 Å². The Balaban J connectivity index is 4.63. The van der Waals surface area contributed by atoms with Crippen LogP contribution >= 0.6 is 0 Å². The van der Waals surface area contributed by atoms with E-state index in [1.807, 2.05) is 0 Å². The van der Waals surface area contributed by atoms with Crippen LogP contribution < -0.4 is 0 Å². The van der Waals surface area contributed by atoms with Crippen molar-refractivity contribution in [3.8, 4) is 0 Å². The first-order valence-corrected chi connectivity index (χ1v) is 4.69. The van der Waals surface area contributed by atoms with Gasteiger partial charge >= 0.3 is 5.97 Å². The monoisotopic (exact) mass is 217 g/mol. The average molecular weight is 217 g/mol. The van der Waals surface area contributed by atoms with Crippen molar-refractivity contribution >= 4 is 11.8 Å². The first kappa shape index (κ1) is 13.5. The Hall–Kier alpha value is -1.46. The van der Waals surface area contributed by atoms with Crippen molar-refractivity contribution in [1.82, 2.24) is 0 Å². The molecule has 86 valence electrons. The Labute approximate surface area is 87.7 Å². The lowest BCUT2D eigenvalue weighted by molar-refractivity contribution is -0.525. The van der Waals surface area contributed by atoms with Crippen LogP contribution in [0.4, 0.5) is 0 Å². The maximum atomic E-state index is 11.3. The highest BCUT2D eigenvalue weighted by Crippen LogP contribution is 2.14. The molecule has 0 spiro atoms. The minimum atomic E-state index is -1.10. The minimum Gasteiger partial charge on any atom is -0.466 e. The quantitative estimate of drug-likeness (QED) is 0.373. The topological polar surface area (TPSA) is 86.5 Å². The molecule has 2 atom stereocenters. The van der Waals surface area contributed by atoms with E-state index < -0.39 is 22.9 Å². The van der Waals surface area contributed by atoms with E-state index in [-0.39, 0.29) is 18.8 Å². The summed E-state index contributed by atoms with van der Waals surface area (Å²) in [4.78, 5) is 32.1. The van der Waals surface area contributed by atoms with Crippen molar-refractivity contribution in [2.75, 3.05) is 6.61 Å². The highest BCUT2D eigenvalue weighted by Gasteiger charge is 2.35. The second kappa shape index (κ2) is 6.10. The van der Waals surface area contributed by atoms with Crippen LogP contribution in [0.25, 0.3) is 0 Å². The fourth-order valence-electron chi connectivity index (χ4n) is 1.16. The van der Waals surface area contributed by atoms with Crippen LogP contribution in [0.5, 0.6) is 0 Å². The van der Waals surface area contributed by atoms with Crippen LogP contribution in [-0.4, -0.2) is 29.3 Å². The molecule has 0 saturated carbocycles. The number of ether oxygens (including phenoxy) is 1. The predicted molar refractivity (Wildman–Crippen MR) is 51.9 cm³/mol. The van der Waals surface area contributed by atoms with E-state index in [9.17, 15) is 19.7 Å². The first-order valence-electron chi connectivity index (χ1n) is 4.69. The van der Waals surface area contributed by atoms with E-state index in [1.54, 1.807) is 6.92 Å². The maximum absolute atomic E-state index is 11.3. The third-order valence-corrected chi connectivity index (χ3v) is 2.01. The third-order valence-electron chi connectivity index (χ3n) is 2.01. The van der Waals surface area contributed by atoms with E-state index in [2.05, 4.69) is 4.74 Å². The van der Waals surface area contributed by atoms with Crippen LogP contribution in [-0.2, 0) is 14.3 Å². The number of carbonyl (C=O) groups is 2. The Morgan fingerprint density at radius 3 is 2.33 bits per heavy atom. The van der Waals surface area contributed by atoms with Gasteiger partial charge in [-0.1, -0.05) is 0 Å². The lowest BCUT2D eigenvalue weighted by Gasteiger charge is -2.14. The predicted octanol–water partition coefficient (Wildman–Crippen LogP) is 0.810. The van der Waals surface area contributed by atoms with Gasteiger partial charge in [-0.3, -0.25) is 19.7 Å². The zero-order valence-corrected chi connectivity index (χ0v) is 9.06. The summed E-state index contributed by atoms with van der Waals surface area (Å²) in [6, 6.07) is -1.10. The molecular formula is C9H15NO5. The zero-order valence-electron chi connectivity index (χ0n) is 9.06. The molecule has 0 aliphatic rings. The van der Waals surface area contributed by atoms with E-state index in [4.69, 9.17) is 0 Å². The van der Waals surface area contributed by atoms with Gasteiger partial charge in [0.15, 0.2) is 0 Å². The van der Waals surface area contributed by atoms with Crippen molar-refractivity contribution in [2.24, 2.45) is 5.92 Å². The normalized spacial score (nSPS) is 14.1. The molecule has 0 bridgehead atoms. The van der Waals surface area contributed by atoms with Gasteiger partial charge in [-0.2, -0.15) is 0 Å². The molecule has 15 heavy (non-hydrogen) atoms. The molecule has 2 unspecified atom stereocenters. The Bertz CT molecular complexity index is 263. The standard InChI is InChI=1S/C9H15NO5/c1-4-15-9(12)8(5-6(2)11)7(3)10(13)14/h7-8H,4-5H2,1-3H3. The fourth-order valence-corrected chi connectivity index (χ4v) is 1.16. The highest BCUT2D eigenvalue weighted by atomic mass is 16.6. The largest absolute Gasteiger partial charge is 0.466 e. The van der Waals surface area contributed by atoms with Crippen LogP contribution in [0.15, 0.2) is 0 Å². The summed E-state index contributed by atoms with van der Waals surface area (Å²) in [6.07, 6.45) is -0.152. The second-order valence-electron chi connectivity index (χ2n) is 3.29. The number of hydrogen-bond acceptors (Lipinski definition) is 5. The van der Waals surface area contributed by atoms with Gasteiger partial charge in [0.25, 0.3) is 0 Å². The lowest BCUT2D eigenvalue weighted by atomic mass is 9.96. The van der Waals surface area contributed by atoms with Gasteiger partial charge in [0.05, 0.1) is 6.61 Å². The smallest absolute Gasteiger partial charge is 0.316 e. The first-order chi connectivity index (χ1) is 6.90. The van der Waals surface area contributed by atoms with Crippen molar-refractivity contribution < 1.29 is 19.2 Å².